The lowest BCUT2D eigenvalue weighted by atomic mass is 9.84. The van der Waals surface area contributed by atoms with Gasteiger partial charge in [0.15, 0.2) is 0 Å². The summed E-state index contributed by atoms with van der Waals surface area (Å²) in [5.74, 6) is 1.43. The number of nitrogens with zero attached hydrogens (tertiary/aromatic N) is 1. The maximum atomic E-state index is 11.4. The number of hydrogen-bond donors (Lipinski definition) is 2. The molecule has 2 fully saturated rings. The van der Waals surface area contributed by atoms with Crippen LogP contribution in [-0.2, 0) is 11.0 Å². The lowest BCUT2D eigenvalue weighted by Gasteiger charge is -2.29. The maximum absolute atomic E-state index is 11.4. The summed E-state index contributed by atoms with van der Waals surface area (Å²) in [6.07, 6.45) is 1.72. The molecule has 29 heavy (non-hydrogen) atoms. The first-order valence-corrected chi connectivity index (χ1v) is 11.6. The van der Waals surface area contributed by atoms with E-state index in [0.717, 1.165) is 31.5 Å². The Balaban J connectivity index is 1.38. The molecular weight excluding hydrogens is 378 g/mol. The molecular formula is C25H33NO2S. The molecule has 2 aromatic rings. The van der Waals surface area contributed by atoms with Crippen molar-refractivity contribution in [2.24, 2.45) is 11.8 Å². The minimum Gasteiger partial charge on any atom is -0.508 e. The summed E-state index contributed by atoms with van der Waals surface area (Å²) >= 11 is 1.84. The molecule has 1 heterocycles. The molecule has 0 radical (unpaired) electrons. The first-order chi connectivity index (χ1) is 13.6. The Morgan fingerprint density at radius 3 is 2.03 bits per heavy atom. The quantitative estimate of drug-likeness (QED) is 0.665. The number of benzene rings is 2. The fraction of sp³-hybridized carbons (Fsp3) is 0.520. The Hall–Kier alpha value is -1.49. The molecule has 0 spiro atoms. The Morgan fingerprint density at radius 2 is 1.52 bits per heavy atom. The van der Waals surface area contributed by atoms with Crippen LogP contribution in [0.3, 0.4) is 0 Å². The molecule has 4 atom stereocenters. The fourth-order valence-corrected chi connectivity index (χ4v) is 6.01. The first-order valence-electron chi connectivity index (χ1n) is 10.7. The van der Waals surface area contributed by atoms with Crippen molar-refractivity contribution < 1.29 is 10.2 Å². The molecule has 0 aromatic heterocycles. The summed E-state index contributed by atoms with van der Waals surface area (Å²) in [4.78, 5) is 3.73. The molecule has 2 N–H and O–H groups in total. The summed E-state index contributed by atoms with van der Waals surface area (Å²) in [6.45, 7) is 11.0. The van der Waals surface area contributed by atoms with Crippen LogP contribution in [0.25, 0.3) is 0 Å². The largest absolute Gasteiger partial charge is 0.508 e. The van der Waals surface area contributed by atoms with E-state index in [9.17, 15) is 10.2 Å². The van der Waals surface area contributed by atoms with Crippen molar-refractivity contribution >= 4 is 11.8 Å². The van der Waals surface area contributed by atoms with Gasteiger partial charge >= 0.3 is 0 Å². The highest BCUT2D eigenvalue weighted by atomic mass is 32.2. The second-order valence-electron chi connectivity index (χ2n) is 9.95. The maximum Gasteiger partial charge on any atom is 0.115 e. The molecule has 0 bridgehead atoms. The van der Waals surface area contributed by atoms with E-state index in [1.54, 1.807) is 12.1 Å². The number of phenols is 1. The predicted molar refractivity (Wildman–Crippen MR) is 120 cm³/mol. The van der Waals surface area contributed by atoms with Gasteiger partial charge in [0, 0.05) is 18.0 Å². The second-order valence-corrected chi connectivity index (χ2v) is 11.3. The summed E-state index contributed by atoms with van der Waals surface area (Å²) in [5.41, 5.74) is 1.86. The first kappa shape index (κ1) is 20.8. The van der Waals surface area contributed by atoms with Crippen LogP contribution >= 0.6 is 11.8 Å². The lowest BCUT2D eigenvalue weighted by molar-refractivity contribution is 0.0311. The van der Waals surface area contributed by atoms with Crippen molar-refractivity contribution in [3.05, 3.63) is 59.7 Å². The van der Waals surface area contributed by atoms with Gasteiger partial charge in [0.1, 0.15) is 5.75 Å². The van der Waals surface area contributed by atoms with E-state index >= 15 is 0 Å². The normalized spacial score (nSPS) is 28.4. The smallest absolute Gasteiger partial charge is 0.115 e. The highest BCUT2D eigenvalue weighted by Crippen LogP contribution is 2.50. The molecule has 4 heteroatoms. The minimum atomic E-state index is -0.675. The molecule has 156 valence electrons. The summed E-state index contributed by atoms with van der Waals surface area (Å²) < 4.78 is 0. The molecule has 1 unspecified atom stereocenters. The number of fused-ring (bicyclic) bond motifs is 1. The Labute approximate surface area is 179 Å². The van der Waals surface area contributed by atoms with E-state index in [2.05, 4.69) is 56.9 Å². The number of rotatable bonds is 4. The molecule has 2 aromatic carbocycles. The number of thioether (sulfide) groups is 1. The monoisotopic (exact) mass is 411 g/mol. The fourth-order valence-electron chi connectivity index (χ4n) is 5.00. The molecule has 4 rings (SSSR count). The standard InChI is InChI=1S/C25H33NO2S/c1-17(29-23-11-9-22(27)10-12-23)26-15-18-13-25(28,14-19(18)16-26)21-7-5-20(6-8-21)24(2,3)4/h5-12,17-19,27-28H,13-16H2,1-4H3/t17?,18-,19+,25-. The number of aliphatic hydroxyl groups is 1. The van der Waals surface area contributed by atoms with E-state index < -0.39 is 5.60 Å². The van der Waals surface area contributed by atoms with Gasteiger partial charge in [0.2, 0.25) is 0 Å². The Bertz CT molecular complexity index is 827. The van der Waals surface area contributed by atoms with E-state index in [1.165, 1.54) is 10.5 Å². The van der Waals surface area contributed by atoms with Gasteiger partial charge in [0.25, 0.3) is 0 Å². The highest BCUT2D eigenvalue weighted by Gasteiger charge is 2.49. The summed E-state index contributed by atoms with van der Waals surface area (Å²) in [5, 5.41) is 21.3. The molecule has 1 aliphatic carbocycles. The molecule has 1 aliphatic heterocycles. The number of phenolic OH excluding ortho intramolecular Hbond substituents is 1. The van der Waals surface area contributed by atoms with Crippen molar-refractivity contribution in [2.75, 3.05) is 13.1 Å². The van der Waals surface area contributed by atoms with Gasteiger partial charge in [-0.05, 0) is 72.4 Å². The van der Waals surface area contributed by atoms with E-state index in [0.29, 0.717) is 23.0 Å². The van der Waals surface area contributed by atoms with Crippen LogP contribution in [0.4, 0.5) is 0 Å². The molecule has 3 nitrogen and oxygen atoms in total. The average Bonchev–Trinajstić information content (AvgIpc) is 3.19. The van der Waals surface area contributed by atoms with Crippen LogP contribution in [0.2, 0.25) is 0 Å². The van der Waals surface area contributed by atoms with Gasteiger partial charge in [-0.3, -0.25) is 4.90 Å². The van der Waals surface area contributed by atoms with Crippen LogP contribution in [0.15, 0.2) is 53.4 Å². The zero-order valence-corrected chi connectivity index (χ0v) is 18.7. The van der Waals surface area contributed by atoms with Crippen LogP contribution in [0.5, 0.6) is 5.75 Å². The van der Waals surface area contributed by atoms with Crippen molar-refractivity contribution in [3.8, 4) is 5.75 Å². The van der Waals surface area contributed by atoms with Crippen molar-refractivity contribution in [2.45, 2.75) is 61.8 Å². The van der Waals surface area contributed by atoms with E-state index in [1.807, 2.05) is 23.9 Å². The lowest BCUT2D eigenvalue weighted by Crippen LogP contribution is -2.32. The number of likely N-dealkylation sites (tertiary alicyclic amines) is 1. The van der Waals surface area contributed by atoms with Crippen molar-refractivity contribution in [3.63, 3.8) is 0 Å². The average molecular weight is 412 g/mol. The van der Waals surface area contributed by atoms with Gasteiger partial charge in [-0.15, -0.1) is 11.8 Å². The topological polar surface area (TPSA) is 43.7 Å². The number of hydrogen-bond acceptors (Lipinski definition) is 4. The third-order valence-electron chi connectivity index (χ3n) is 6.75. The second kappa shape index (κ2) is 7.64. The van der Waals surface area contributed by atoms with Gasteiger partial charge in [-0.1, -0.05) is 45.0 Å². The van der Waals surface area contributed by atoms with Gasteiger partial charge in [0.05, 0.1) is 11.0 Å². The van der Waals surface area contributed by atoms with Gasteiger partial charge < -0.3 is 10.2 Å². The zero-order chi connectivity index (χ0) is 20.8. The molecule has 1 saturated carbocycles. The predicted octanol–water partition coefficient (Wildman–Crippen LogP) is 5.36. The van der Waals surface area contributed by atoms with Crippen LogP contribution in [0, 0.1) is 11.8 Å². The van der Waals surface area contributed by atoms with Gasteiger partial charge in [-0.2, -0.15) is 0 Å². The Morgan fingerprint density at radius 1 is 0.966 bits per heavy atom. The highest BCUT2D eigenvalue weighted by molar-refractivity contribution is 7.99. The van der Waals surface area contributed by atoms with Gasteiger partial charge in [-0.25, -0.2) is 0 Å². The van der Waals surface area contributed by atoms with Crippen LogP contribution in [0.1, 0.15) is 51.7 Å². The third-order valence-corrected chi connectivity index (χ3v) is 7.93. The summed E-state index contributed by atoms with van der Waals surface area (Å²) in [6, 6.07) is 16.1. The summed E-state index contributed by atoms with van der Waals surface area (Å²) in [7, 11) is 0. The van der Waals surface area contributed by atoms with Crippen LogP contribution < -0.4 is 0 Å². The van der Waals surface area contributed by atoms with Crippen molar-refractivity contribution in [1.82, 2.24) is 4.90 Å². The molecule has 1 saturated heterocycles. The van der Waals surface area contributed by atoms with E-state index in [-0.39, 0.29) is 5.41 Å². The van der Waals surface area contributed by atoms with E-state index in [4.69, 9.17) is 0 Å². The molecule has 2 aliphatic rings. The van der Waals surface area contributed by atoms with Crippen LogP contribution in [-0.4, -0.2) is 33.6 Å². The Kier molecular flexibility index (Phi) is 5.47. The minimum absolute atomic E-state index is 0.138. The number of aromatic hydroxyl groups is 1. The SMILES string of the molecule is CC(Sc1ccc(O)cc1)N1C[C@@H]2C[C@@](O)(c3ccc(C(C)(C)C)cc3)C[C@@H]2C1. The zero-order valence-electron chi connectivity index (χ0n) is 17.9. The third kappa shape index (κ3) is 4.35. The molecule has 0 amide bonds. The van der Waals surface area contributed by atoms with Crippen molar-refractivity contribution in [1.29, 1.82) is 0 Å².